The van der Waals surface area contributed by atoms with Gasteiger partial charge in [0.1, 0.15) is 10.5 Å². The molecule has 4 heterocycles. The first-order valence-corrected chi connectivity index (χ1v) is 12.7. The quantitative estimate of drug-likeness (QED) is 0.310. The second-order valence-corrected chi connectivity index (χ2v) is 10.4. The van der Waals surface area contributed by atoms with Gasteiger partial charge in [-0.15, -0.1) is 11.3 Å². The second kappa shape index (κ2) is 8.76. The maximum absolute atomic E-state index is 13.6. The fraction of sp³-hybridized carbons (Fsp3) is 0.435. The Morgan fingerprint density at radius 2 is 2.06 bits per heavy atom. The lowest BCUT2D eigenvalue weighted by Crippen LogP contribution is -2.25. The number of fused-ring (bicyclic) bond motifs is 4. The summed E-state index contributed by atoms with van der Waals surface area (Å²) >= 11 is 3.34. The molecule has 0 amide bonds. The van der Waals surface area contributed by atoms with E-state index in [1.165, 1.54) is 23.3 Å². The van der Waals surface area contributed by atoms with E-state index in [0.717, 1.165) is 52.5 Å². The second-order valence-electron chi connectivity index (χ2n) is 8.39. The molecule has 0 spiro atoms. The van der Waals surface area contributed by atoms with Crippen molar-refractivity contribution < 1.29 is 0 Å². The zero-order valence-electron chi connectivity index (χ0n) is 18.0. The summed E-state index contributed by atoms with van der Waals surface area (Å²) in [5, 5.41) is 1.69. The minimum atomic E-state index is 0.139. The van der Waals surface area contributed by atoms with Crippen molar-refractivity contribution in [3.63, 3.8) is 0 Å². The Kier molecular flexibility index (Phi) is 5.86. The van der Waals surface area contributed by atoms with E-state index in [-0.39, 0.29) is 5.56 Å². The van der Waals surface area contributed by atoms with Crippen molar-refractivity contribution in [1.29, 1.82) is 0 Å². The normalized spacial score (nSPS) is 14.0. The van der Waals surface area contributed by atoms with E-state index in [0.29, 0.717) is 12.3 Å². The Hall–Kier alpha value is -2.16. The Morgan fingerprint density at radius 3 is 2.90 bits per heavy atom. The monoisotopic (exact) mass is 453 g/mol. The van der Waals surface area contributed by atoms with Crippen LogP contribution in [-0.4, -0.2) is 44.5 Å². The zero-order valence-corrected chi connectivity index (χ0v) is 19.6. The molecule has 5 rings (SSSR count). The van der Waals surface area contributed by atoms with E-state index >= 15 is 0 Å². The first-order chi connectivity index (χ1) is 15.1. The van der Waals surface area contributed by atoms with Crippen LogP contribution in [0.4, 0.5) is 0 Å². The number of thioether (sulfide) groups is 1. The first kappa shape index (κ1) is 20.7. The van der Waals surface area contributed by atoms with Crippen LogP contribution >= 0.6 is 23.1 Å². The van der Waals surface area contributed by atoms with Crippen LogP contribution in [0.3, 0.4) is 0 Å². The molecule has 0 radical (unpaired) electrons. The fourth-order valence-electron chi connectivity index (χ4n) is 4.27. The maximum Gasteiger partial charge on any atom is 0.263 e. The number of aromatic nitrogens is 4. The topological polar surface area (TPSA) is 55.4 Å². The number of imidazole rings is 1. The van der Waals surface area contributed by atoms with Crippen molar-refractivity contribution in [2.75, 3.05) is 20.6 Å². The van der Waals surface area contributed by atoms with Crippen LogP contribution < -0.4 is 5.56 Å². The van der Waals surface area contributed by atoms with Gasteiger partial charge >= 0.3 is 0 Å². The van der Waals surface area contributed by atoms with Gasteiger partial charge in [0, 0.05) is 29.6 Å². The number of pyridine rings is 1. The Bertz CT molecular complexity index is 1250. The summed E-state index contributed by atoms with van der Waals surface area (Å²) in [6.07, 6.45) is 9.47. The van der Waals surface area contributed by atoms with Gasteiger partial charge in [-0.1, -0.05) is 17.8 Å². The van der Waals surface area contributed by atoms with Gasteiger partial charge in [-0.3, -0.25) is 9.36 Å². The molecule has 0 aliphatic heterocycles. The summed E-state index contributed by atoms with van der Waals surface area (Å²) in [6, 6.07) is 6.00. The number of nitrogens with zero attached hydrogens (tertiary/aromatic N) is 5. The minimum Gasteiger partial charge on any atom is -0.309 e. The van der Waals surface area contributed by atoms with Crippen LogP contribution in [0.25, 0.3) is 15.9 Å². The molecule has 1 aliphatic rings. The SMILES string of the molecule is CN(C)CCCn1c(SCc2cn3ccccc3n2)nc2sc3c(c2c1=O)CCCC3. The fourth-order valence-corrected chi connectivity index (χ4v) is 6.48. The van der Waals surface area contributed by atoms with Crippen LogP contribution in [0.1, 0.15) is 35.4 Å². The van der Waals surface area contributed by atoms with Crippen molar-refractivity contribution in [3.8, 4) is 0 Å². The molecule has 0 N–H and O–H groups in total. The molecule has 0 atom stereocenters. The Labute approximate surface area is 189 Å². The zero-order chi connectivity index (χ0) is 21.4. The summed E-state index contributed by atoms with van der Waals surface area (Å²) in [7, 11) is 4.14. The highest BCUT2D eigenvalue weighted by Gasteiger charge is 2.22. The van der Waals surface area contributed by atoms with Crippen molar-refractivity contribution in [2.24, 2.45) is 0 Å². The average Bonchev–Trinajstić information content (AvgIpc) is 3.34. The van der Waals surface area contributed by atoms with E-state index in [4.69, 9.17) is 9.97 Å². The molecule has 0 unspecified atom stereocenters. The molecular weight excluding hydrogens is 426 g/mol. The molecule has 4 aromatic rings. The van der Waals surface area contributed by atoms with Crippen molar-refractivity contribution in [3.05, 3.63) is 57.1 Å². The van der Waals surface area contributed by atoms with Gasteiger partial charge in [-0.2, -0.15) is 0 Å². The van der Waals surface area contributed by atoms with Crippen LogP contribution in [0.15, 0.2) is 40.5 Å². The van der Waals surface area contributed by atoms with Gasteiger partial charge in [0.2, 0.25) is 0 Å². The van der Waals surface area contributed by atoms with Gasteiger partial charge < -0.3 is 9.30 Å². The lowest BCUT2D eigenvalue weighted by Gasteiger charge is -2.14. The molecular formula is C23H27N5OS2. The third kappa shape index (κ3) is 4.16. The third-order valence-electron chi connectivity index (χ3n) is 5.79. The minimum absolute atomic E-state index is 0.139. The van der Waals surface area contributed by atoms with Gasteiger partial charge in [-0.05, 0) is 70.4 Å². The van der Waals surface area contributed by atoms with Crippen LogP contribution in [0.2, 0.25) is 0 Å². The number of rotatable bonds is 7. The summed E-state index contributed by atoms with van der Waals surface area (Å²) in [5.41, 5.74) is 3.34. The van der Waals surface area contributed by atoms with Gasteiger partial charge in [0.25, 0.3) is 5.56 Å². The van der Waals surface area contributed by atoms with E-state index in [1.54, 1.807) is 23.1 Å². The predicted octanol–water partition coefficient (Wildman–Crippen LogP) is 4.23. The molecule has 162 valence electrons. The molecule has 0 saturated carbocycles. The molecule has 8 heteroatoms. The lowest BCUT2D eigenvalue weighted by molar-refractivity contribution is 0.379. The summed E-state index contributed by atoms with van der Waals surface area (Å²) in [5.74, 6) is 0.693. The summed E-state index contributed by atoms with van der Waals surface area (Å²) < 4.78 is 3.94. The third-order valence-corrected chi connectivity index (χ3v) is 7.99. The number of hydrogen-bond acceptors (Lipinski definition) is 6. The van der Waals surface area contributed by atoms with Crippen LogP contribution in [0.5, 0.6) is 0 Å². The molecule has 6 nitrogen and oxygen atoms in total. The Balaban J connectivity index is 1.50. The highest BCUT2D eigenvalue weighted by Crippen LogP contribution is 2.35. The molecule has 0 saturated heterocycles. The number of hydrogen-bond donors (Lipinski definition) is 0. The molecule has 1 aliphatic carbocycles. The van der Waals surface area contributed by atoms with E-state index in [2.05, 4.69) is 25.2 Å². The lowest BCUT2D eigenvalue weighted by atomic mass is 9.97. The van der Waals surface area contributed by atoms with Gasteiger partial charge in [0.15, 0.2) is 5.16 Å². The highest BCUT2D eigenvalue weighted by atomic mass is 32.2. The average molecular weight is 454 g/mol. The number of thiophene rings is 1. The molecule has 4 aromatic heterocycles. The van der Waals surface area contributed by atoms with Crippen LogP contribution in [-0.2, 0) is 25.1 Å². The van der Waals surface area contributed by atoms with E-state index < -0.39 is 0 Å². The smallest absolute Gasteiger partial charge is 0.263 e. The largest absolute Gasteiger partial charge is 0.309 e. The predicted molar refractivity (Wildman–Crippen MR) is 128 cm³/mol. The van der Waals surface area contributed by atoms with Crippen LogP contribution in [0, 0.1) is 0 Å². The van der Waals surface area contributed by atoms with E-state index in [9.17, 15) is 4.79 Å². The standard InChI is InChI=1S/C23H27N5OS2/c1-26(2)11-7-13-28-22(29)20-17-8-3-4-9-18(17)31-21(20)25-23(28)30-15-16-14-27-12-6-5-10-19(27)24-16/h5-6,10,12,14H,3-4,7-9,11,13,15H2,1-2H3. The summed E-state index contributed by atoms with van der Waals surface area (Å²) in [6.45, 7) is 1.64. The molecule has 0 fully saturated rings. The van der Waals surface area contributed by atoms with Gasteiger partial charge in [-0.25, -0.2) is 9.97 Å². The molecule has 0 bridgehead atoms. The highest BCUT2D eigenvalue weighted by molar-refractivity contribution is 7.98. The summed E-state index contributed by atoms with van der Waals surface area (Å²) in [4.78, 5) is 27.7. The number of aryl methyl sites for hydroxylation is 2. The maximum atomic E-state index is 13.6. The first-order valence-electron chi connectivity index (χ1n) is 10.9. The van der Waals surface area contributed by atoms with E-state index in [1.807, 2.05) is 33.4 Å². The Morgan fingerprint density at radius 1 is 1.19 bits per heavy atom. The molecule has 31 heavy (non-hydrogen) atoms. The van der Waals surface area contributed by atoms with Crippen molar-refractivity contribution >= 4 is 39.0 Å². The molecule has 0 aromatic carbocycles. The van der Waals surface area contributed by atoms with Crippen molar-refractivity contribution in [2.45, 2.75) is 49.6 Å². The van der Waals surface area contributed by atoms with Gasteiger partial charge in [0.05, 0.1) is 11.1 Å². The van der Waals surface area contributed by atoms with Crippen molar-refractivity contribution in [1.82, 2.24) is 23.8 Å².